The van der Waals surface area contributed by atoms with Crippen LogP contribution in [0.1, 0.15) is 5.69 Å². The zero-order valence-corrected chi connectivity index (χ0v) is 10.8. The smallest absolute Gasteiger partial charge is 0.439 e. The van der Waals surface area contributed by atoms with E-state index in [1.807, 2.05) is 31.1 Å². The molecule has 0 unspecified atom stereocenters. The fourth-order valence-corrected chi connectivity index (χ4v) is 1.67. The standard InChI is InChI=1S/C13H16N2O3/c1-9-10-5-4-6-11(17-8-7-15(2)3)12(10)18-13(16)14-9/h4-6H,7-8H2,1-3H3. The number of hydrogen-bond donors (Lipinski definition) is 0. The molecule has 0 aliphatic carbocycles. The lowest BCUT2D eigenvalue weighted by Gasteiger charge is -2.12. The van der Waals surface area contributed by atoms with Gasteiger partial charge in [-0.1, -0.05) is 6.07 Å². The van der Waals surface area contributed by atoms with Crippen molar-refractivity contribution < 1.29 is 9.15 Å². The molecule has 5 nitrogen and oxygen atoms in total. The normalized spacial score (nSPS) is 11.1. The number of aryl methyl sites for hydroxylation is 1. The van der Waals surface area contributed by atoms with Gasteiger partial charge in [0.15, 0.2) is 11.3 Å². The monoisotopic (exact) mass is 248 g/mol. The lowest BCUT2D eigenvalue weighted by molar-refractivity contribution is 0.260. The molecule has 0 saturated heterocycles. The van der Waals surface area contributed by atoms with Crippen LogP contribution in [-0.2, 0) is 0 Å². The number of para-hydroxylation sites is 1. The molecule has 0 aliphatic heterocycles. The highest BCUT2D eigenvalue weighted by molar-refractivity contribution is 5.84. The van der Waals surface area contributed by atoms with Crippen LogP contribution >= 0.6 is 0 Å². The van der Waals surface area contributed by atoms with Crippen LogP contribution in [0.15, 0.2) is 27.4 Å². The van der Waals surface area contributed by atoms with Crippen LogP contribution in [0, 0.1) is 6.92 Å². The highest BCUT2D eigenvalue weighted by Gasteiger charge is 2.09. The zero-order chi connectivity index (χ0) is 13.1. The van der Waals surface area contributed by atoms with Gasteiger partial charge in [-0.3, -0.25) is 0 Å². The van der Waals surface area contributed by atoms with Gasteiger partial charge < -0.3 is 14.1 Å². The molecule has 1 heterocycles. The maximum atomic E-state index is 11.3. The largest absolute Gasteiger partial charge is 0.488 e. The molecule has 96 valence electrons. The van der Waals surface area contributed by atoms with Gasteiger partial charge in [-0.2, -0.15) is 4.98 Å². The van der Waals surface area contributed by atoms with Crippen molar-refractivity contribution >= 4 is 11.0 Å². The van der Waals surface area contributed by atoms with Crippen LogP contribution in [0.5, 0.6) is 5.75 Å². The first-order valence-corrected chi connectivity index (χ1v) is 5.76. The Bertz CT molecular complexity index is 605. The number of hydrogen-bond acceptors (Lipinski definition) is 5. The predicted molar refractivity (Wildman–Crippen MR) is 69.1 cm³/mol. The van der Waals surface area contributed by atoms with Crippen molar-refractivity contribution in [1.29, 1.82) is 0 Å². The van der Waals surface area contributed by atoms with Crippen molar-refractivity contribution in [3.63, 3.8) is 0 Å². The molecule has 1 aromatic carbocycles. The lowest BCUT2D eigenvalue weighted by atomic mass is 10.2. The minimum absolute atomic E-state index is 0.466. The molecular weight excluding hydrogens is 232 g/mol. The van der Waals surface area contributed by atoms with Crippen LogP contribution < -0.4 is 10.5 Å². The predicted octanol–water partition coefficient (Wildman–Crippen LogP) is 1.44. The Morgan fingerprint density at radius 1 is 1.39 bits per heavy atom. The van der Waals surface area contributed by atoms with Crippen molar-refractivity contribution in [2.24, 2.45) is 0 Å². The number of ether oxygens (including phenoxy) is 1. The maximum Gasteiger partial charge on any atom is 0.439 e. The summed E-state index contributed by atoms with van der Waals surface area (Å²) in [6.45, 7) is 3.12. The molecule has 0 N–H and O–H groups in total. The molecule has 18 heavy (non-hydrogen) atoms. The molecule has 0 spiro atoms. The minimum Gasteiger partial charge on any atom is -0.488 e. The summed E-state index contributed by atoms with van der Waals surface area (Å²) in [4.78, 5) is 17.1. The SMILES string of the molecule is Cc1nc(=O)oc2c(OCCN(C)C)cccc12. The van der Waals surface area contributed by atoms with Gasteiger partial charge in [-0.25, -0.2) is 4.79 Å². The van der Waals surface area contributed by atoms with E-state index in [0.717, 1.165) is 11.9 Å². The summed E-state index contributed by atoms with van der Waals surface area (Å²) in [5, 5.41) is 0.803. The van der Waals surface area contributed by atoms with Gasteiger partial charge in [0.1, 0.15) is 6.61 Å². The Balaban J connectivity index is 2.36. The summed E-state index contributed by atoms with van der Waals surface area (Å²) >= 11 is 0. The van der Waals surface area contributed by atoms with E-state index in [-0.39, 0.29) is 0 Å². The number of nitrogens with zero attached hydrogens (tertiary/aromatic N) is 2. The van der Waals surface area contributed by atoms with E-state index in [1.165, 1.54) is 0 Å². The number of rotatable bonds is 4. The van der Waals surface area contributed by atoms with Crippen LogP contribution in [0.3, 0.4) is 0 Å². The van der Waals surface area contributed by atoms with E-state index < -0.39 is 5.76 Å². The molecule has 0 bridgehead atoms. The van der Waals surface area contributed by atoms with Crippen LogP contribution in [0.4, 0.5) is 0 Å². The number of benzene rings is 1. The van der Waals surface area contributed by atoms with E-state index in [2.05, 4.69) is 4.98 Å². The quantitative estimate of drug-likeness (QED) is 0.819. The molecule has 2 rings (SSSR count). The highest BCUT2D eigenvalue weighted by Crippen LogP contribution is 2.25. The van der Waals surface area contributed by atoms with Crippen molar-refractivity contribution in [3.8, 4) is 5.75 Å². The fourth-order valence-electron chi connectivity index (χ4n) is 1.67. The van der Waals surface area contributed by atoms with Gasteiger partial charge in [0.25, 0.3) is 0 Å². The highest BCUT2D eigenvalue weighted by atomic mass is 16.5. The molecule has 0 atom stereocenters. The average Bonchev–Trinajstić information content (AvgIpc) is 2.29. The van der Waals surface area contributed by atoms with Crippen molar-refractivity contribution in [2.75, 3.05) is 27.2 Å². The molecule has 0 amide bonds. The Hall–Kier alpha value is -1.88. The summed E-state index contributed by atoms with van der Waals surface area (Å²) in [7, 11) is 3.95. The van der Waals surface area contributed by atoms with Crippen LogP contribution in [0.25, 0.3) is 11.0 Å². The third kappa shape index (κ3) is 2.68. The Kier molecular flexibility index (Phi) is 3.62. The number of aromatic nitrogens is 1. The molecule has 0 saturated carbocycles. The third-order valence-electron chi connectivity index (χ3n) is 2.61. The van der Waals surface area contributed by atoms with E-state index in [0.29, 0.717) is 23.6 Å². The van der Waals surface area contributed by atoms with Gasteiger partial charge in [0.05, 0.1) is 5.69 Å². The summed E-state index contributed by atoms with van der Waals surface area (Å²) in [6.07, 6.45) is 0. The molecular formula is C13H16N2O3. The van der Waals surface area contributed by atoms with Crippen molar-refractivity contribution in [3.05, 3.63) is 34.4 Å². The van der Waals surface area contributed by atoms with E-state index in [1.54, 1.807) is 13.0 Å². The van der Waals surface area contributed by atoms with Gasteiger partial charge >= 0.3 is 5.76 Å². The van der Waals surface area contributed by atoms with Crippen LogP contribution in [-0.4, -0.2) is 37.1 Å². The number of fused-ring (bicyclic) bond motifs is 1. The van der Waals surface area contributed by atoms with Crippen molar-refractivity contribution in [1.82, 2.24) is 9.88 Å². The summed E-state index contributed by atoms with van der Waals surface area (Å²) in [5.41, 5.74) is 1.12. The first-order valence-electron chi connectivity index (χ1n) is 5.76. The van der Waals surface area contributed by atoms with E-state index >= 15 is 0 Å². The zero-order valence-electron chi connectivity index (χ0n) is 10.8. The van der Waals surface area contributed by atoms with Gasteiger partial charge in [0, 0.05) is 11.9 Å². The lowest BCUT2D eigenvalue weighted by Crippen LogP contribution is -2.19. The average molecular weight is 248 g/mol. The van der Waals surface area contributed by atoms with Gasteiger partial charge in [-0.15, -0.1) is 0 Å². The minimum atomic E-state index is -0.594. The fraction of sp³-hybridized carbons (Fsp3) is 0.385. The second-order valence-corrected chi connectivity index (χ2v) is 4.35. The first-order chi connectivity index (χ1) is 8.58. The molecule has 0 aliphatic rings. The first kappa shape index (κ1) is 12.6. The summed E-state index contributed by atoms with van der Waals surface area (Å²) in [5.74, 6) is -0.0133. The summed E-state index contributed by atoms with van der Waals surface area (Å²) < 4.78 is 10.8. The molecule has 0 radical (unpaired) electrons. The second kappa shape index (κ2) is 5.18. The van der Waals surface area contributed by atoms with Gasteiger partial charge in [0.2, 0.25) is 0 Å². The van der Waals surface area contributed by atoms with Gasteiger partial charge in [-0.05, 0) is 33.2 Å². The molecule has 5 heteroatoms. The van der Waals surface area contributed by atoms with Crippen LogP contribution in [0.2, 0.25) is 0 Å². The summed E-state index contributed by atoms with van der Waals surface area (Å²) in [6, 6.07) is 5.52. The molecule has 0 fully saturated rings. The van der Waals surface area contributed by atoms with E-state index in [9.17, 15) is 4.79 Å². The van der Waals surface area contributed by atoms with E-state index in [4.69, 9.17) is 9.15 Å². The second-order valence-electron chi connectivity index (χ2n) is 4.35. The molecule has 1 aromatic heterocycles. The van der Waals surface area contributed by atoms with Crippen molar-refractivity contribution in [2.45, 2.75) is 6.92 Å². The Morgan fingerprint density at radius 3 is 2.89 bits per heavy atom. The number of likely N-dealkylation sites (N-methyl/N-ethyl adjacent to an activating group) is 1. The Morgan fingerprint density at radius 2 is 2.17 bits per heavy atom. The maximum absolute atomic E-state index is 11.3. The Labute approximate surface area is 105 Å². The topological polar surface area (TPSA) is 55.6 Å². The third-order valence-corrected chi connectivity index (χ3v) is 2.61. The molecule has 2 aromatic rings.